The summed E-state index contributed by atoms with van der Waals surface area (Å²) in [6, 6.07) is 2.31. The zero-order valence-electron chi connectivity index (χ0n) is 9.54. The van der Waals surface area contributed by atoms with Crippen LogP contribution in [0.1, 0.15) is 11.3 Å². The van der Waals surface area contributed by atoms with Gasteiger partial charge in [-0.15, -0.1) is 5.10 Å². The first-order chi connectivity index (χ1) is 8.08. The fraction of sp³-hybridized carbons (Fsp3) is 0.273. The molecule has 0 aliphatic carbocycles. The van der Waals surface area contributed by atoms with Crippen LogP contribution in [0, 0.1) is 18.6 Å². The van der Waals surface area contributed by atoms with Gasteiger partial charge in [-0.1, -0.05) is 5.21 Å². The van der Waals surface area contributed by atoms with E-state index in [0.717, 1.165) is 11.8 Å². The van der Waals surface area contributed by atoms with E-state index in [9.17, 15) is 8.78 Å². The first-order valence-corrected chi connectivity index (χ1v) is 5.11. The molecule has 0 amide bonds. The van der Waals surface area contributed by atoms with Gasteiger partial charge in [0.1, 0.15) is 11.6 Å². The summed E-state index contributed by atoms with van der Waals surface area (Å²) in [6.45, 7) is 1.86. The van der Waals surface area contributed by atoms with Gasteiger partial charge in [0.25, 0.3) is 0 Å². The van der Waals surface area contributed by atoms with Crippen molar-refractivity contribution in [3.8, 4) is 0 Å². The monoisotopic (exact) mass is 238 g/mol. The van der Waals surface area contributed by atoms with E-state index in [1.54, 1.807) is 17.9 Å². The second-order valence-electron chi connectivity index (χ2n) is 3.78. The van der Waals surface area contributed by atoms with Gasteiger partial charge >= 0.3 is 0 Å². The van der Waals surface area contributed by atoms with Crippen molar-refractivity contribution in [3.63, 3.8) is 0 Å². The molecule has 1 aromatic heterocycles. The number of nitrogens with zero attached hydrogens (tertiary/aromatic N) is 3. The summed E-state index contributed by atoms with van der Waals surface area (Å²) in [5.41, 5.74) is 1.20. The zero-order valence-corrected chi connectivity index (χ0v) is 9.54. The van der Waals surface area contributed by atoms with E-state index < -0.39 is 11.6 Å². The second kappa shape index (κ2) is 4.48. The predicted octanol–water partition coefficient (Wildman–Crippen LogP) is 2.01. The molecule has 1 aromatic carbocycles. The van der Waals surface area contributed by atoms with Crippen molar-refractivity contribution in [3.05, 3.63) is 41.2 Å². The summed E-state index contributed by atoms with van der Waals surface area (Å²) in [6.07, 6.45) is 1.56. The van der Waals surface area contributed by atoms with Crippen molar-refractivity contribution >= 4 is 5.69 Å². The third-order valence-corrected chi connectivity index (χ3v) is 2.52. The van der Waals surface area contributed by atoms with Gasteiger partial charge in [0.15, 0.2) is 0 Å². The molecule has 4 nitrogen and oxygen atoms in total. The molecule has 2 aromatic rings. The van der Waals surface area contributed by atoms with Crippen LogP contribution in [-0.4, -0.2) is 15.0 Å². The molecule has 0 aliphatic heterocycles. The van der Waals surface area contributed by atoms with Crippen LogP contribution in [0.3, 0.4) is 0 Å². The molecule has 6 heteroatoms. The lowest BCUT2D eigenvalue weighted by Crippen LogP contribution is -2.07. The minimum Gasteiger partial charge on any atom is -0.377 e. The van der Waals surface area contributed by atoms with Gasteiger partial charge in [0.05, 0.1) is 24.1 Å². The highest BCUT2D eigenvalue weighted by molar-refractivity contribution is 5.47. The number of hydrogen-bond donors (Lipinski definition) is 1. The Morgan fingerprint density at radius 3 is 2.71 bits per heavy atom. The van der Waals surface area contributed by atoms with Crippen molar-refractivity contribution in [2.24, 2.45) is 7.05 Å². The Hall–Kier alpha value is -1.98. The number of halogens is 2. The normalized spacial score (nSPS) is 10.6. The molecule has 0 bridgehead atoms. The smallest absolute Gasteiger partial charge is 0.146 e. The number of rotatable bonds is 3. The third kappa shape index (κ3) is 2.41. The summed E-state index contributed by atoms with van der Waals surface area (Å²) in [7, 11) is 1.73. The largest absolute Gasteiger partial charge is 0.377 e. The molecule has 0 spiro atoms. The van der Waals surface area contributed by atoms with Gasteiger partial charge < -0.3 is 5.32 Å². The quantitative estimate of drug-likeness (QED) is 0.889. The van der Waals surface area contributed by atoms with E-state index in [0.29, 0.717) is 6.54 Å². The molecule has 0 saturated carbocycles. The molecule has 17 heavy (non-hydrogen) atoms. The number of aryl methyl sites for hydroxylation is 2. The summed E-state index contributed by atoms with van der Waals surface area (Å²) < 4.78 is 28.3. The standard InChI is InChI=1S/C11H12F2N4/c1-7-3-10(13)11(4-9(7)12)14-5-8-6-15-16-17(8)2/h3-4,6,14H,5H2,1-2H3. The van der Waals surface area contributed by atoms with Crippen LogP contribution >= 0.6 is 0 Å². The number of benzene rings is 1. The van der Waals surface area contributed by atoms with E-state index in [2.05, 4.69) is 15.6 Å². The maximum atomic E-state index is 13.5. The lowest BCUT2D eigenvalue weighted by Gasteiger charge is -2.08. The van der Waals surface area contributed by atoms with Crippen LogP contribution in [0.4, 0.5) is 14.5 Å². The fourth-order valence-electron chi connectivity index (χ4n) is 1.44. The van der Waals surface area contributed by atoms with Gasteiger partial charge in [-0.25, -0.2) is 8.78 Å². The van der Waals surface area contributed by atoms with E-state index in [-0.39, 0.29) is 11.3 Å². The zero-order chi connectivity index (χ0) is 12.4. The molecular formula is C11H12F2N4. The van der Waals surface area contributed by atoms with Gasteiger partial charge in [-0.05, 0) is 18.6 Å². The predicted molar refractivity (Wildman–Crippen MR) is 59.4 cm³/mol. The number of aromatic nitrogens is 3. The second-order valence-corrected chi connectivity index (χ2v) is 3.78. The van der Waals surface area contributed by atoms with Gasteiger partial charge in [0.2, 0.25) is 0 Å². The molecule has 0 unspecified atom stereocenters. The van der Waals surface area contributed by atoms with Crippen LogP contribution < -0.4 is 5.32 Å². The molecule has 2 rings (SSSR count). The van der Waals surface area contributed by atoms with Crippen LogP contribution in [0.2, 0.25) is 0 Å². The Kier molecular flexibility index (Phi) is 3.03. The van der Waals surface area contributed by atoms with Crippen molar-refractivity contribution in [1.29, 1.82) is 0 Å². The summed E-state index contributed by atoms with van der Waals surface area (Å²) in [5.74, 6) is -0.906. The van der Waals surface area contributed by atoms with Gasteiger partial charge in [-0.2, -0.15) is 0 Å². The van der Waals surface area contributed by atoms with Crippen molar-refractivity contribution in [2.75, 3.05) is 5.32 Å². The minimum absolute atomic E-state index is 0.134. The lowest BCUT2D eigenvalue weighted by atomic mass is 10.2. The molecule has 0 atom stereocenters. The van der Waals surface area contributed by atoms with Gasteiger partial charge in [0, 0.05) is 13.1 Å². The summed E-state index contributed by atoms with van der Waals surface area (Å²) >= 11 is 0. The fourth-order valence-corrected chi connectivity index (χ4v) is 1.44. The van der Waals surface area contributed by atoms with E-state index in [1.807, 2.05) is 0 Å². The topological polar surface area (TPSA) is 42.7 Å². The Morgan fingerprint density at radius 2 is 2.06 bits per heavy atom. The number of nitrogens with one attached hydrogen (secondary N) is 1. The van der Waals surface area contributed by atoms with Crippen LogP contribution in [0.25, 0.3) is 0 Å². The summed E-state index contributed by atoms with van der Waals surface area (Å²) in [4.78, 5) is 0. The highest BCUT2D eigenvalue weighted by Gasteiger charge is 2.07. The first kappa shape index (κ1) is 11.5. The average molecular weight is 238 g/mol. The van der Waals surface area contributed by atoms with Crippen LogP contribution in [0.5, 0.6) is 0 Å². The highest BCUT2D eigenvalue weighted by Crippen LogP contribution is 2.19. The maximum Gasteiger partial charge on any atom is 0.146 e. The highest BCUT2D eigenvalue weighted by atomic mass is 19.1. The average Bonchev–Trinajstić information content (AvgIpc) is 2.68. The van der Waals surface area contributed by atoms with E-state index in [4.69, 9.17) is 0 Å². The lowest BCUT2D eigenvalue weighted by molar-refractivity contribution is 0.594. The minimum atomic E-state index is -0.473. The van der Waals surface area contributed by atoms with E-state index >= 15 is 0 Å². The van der Waals surface area contributed by atoms with Gasteiger partial charge in [-0.3, -0.25) is 4.68 Å². The van der Waals surface area contributed by atoms with Crippen LogP contribution in [-0.2, 0) is 13.6 Å². The van der Waals surface area contributed by atoms with Crippen LogP contribution in [0.15, 0.2) is 18.3 Å². The molecule has 1 N–H and O–H groups in total. The number of anilines is 1. The SMILES string of the molecule is Cc1cc(F)c(NCc2cnnn2C)cc1F. The molecule has 0 saturated heterocycles. The Balaban J connectivity index is 2.14. The molecular weight excluding hydrogens is 226 g/mol. The van der Waals surface area contributed by atoms with E-state index in [1.165, 1.54) is 13.0 Å². The first-order valence-electron chi connectivity index (χ1n) is 5.11. The van der Waals surface area contributed by atoms with Crippen molar-refractivity contribution in [2.45, 2.75) is 13.5 Å². The molecule has 0 fully saturated rings. The summed E-state index contributed by atoms with van der Waals surface area (Å²) in [5, 5.41) is 10.2. The molecule has 0 radical (unpaired) electrons. The molecule has 0 aliphatic rings. The Bertz CT molecular complexity index is 536. The maximum absolute atomic E-state index is 13.5. The Morgan fingerprint density at radius 1 is 1.29 bits per heavy atom. The molecule has 90 valence electrons. The molecule has 1 heterocycles. The third-order valence-electron chi connectivity index (χ3n) is 2.52. The van der Waals surface area contributed by atoms with Crippen molar-refractivity contribution in [1.82, 2.24) is 15.0 Å². The Labute approximate surface area is 97.3 Å². The number of hydrogen-bond acceptors (Lipinski definition) is 3. The van der Waals surface area contributed by atoms with Crippen molar-refractivity contribution < 1.29 is 8.78 Å².